The molecule has 0 radical (unpaired) electrons. The first-order chi connectivity index (χ1) is 8.71. The van der Waals surface area contributed by atoms with E-state index in [-0.39, 0.29) is 12.0 Å². The highest BCUT2D eigenvalue weighted by atomic mass is 16.5. The lowest BCUT2D eigenvalue weighted by Crippen LogP contribution is -2.16. The van der Waals surface area contributed by atoms with E-state index in [2.05, 4.69) is 0 Å². The van der Waals surface area contributed by atoms with Crippen LogP contribution in [0.15, 0.2) is 18.2 Å². The minimum atomic E-state index is -0.203. The van der Waals surface area contributed by atoms with Crippen LogP contribution in [0.1, 0.15) is 6.92 Å². The predicted octanol–water partition coefficient (Wildman–Crippen LogP) is 1.46. The van der Waals surface area contributed by atoms with Crippen LogP contribution in [0.25, 0.3) is 0 Å². The summed E-state index contributed by atoms with van der Waals surface area (Å²) in [6, 6.07) is 5.31. The van der Waals surface area contributed by atoms with Crippen LogP contribution >= 0.6 is 0 Å². The fourth-order valence-corrected chi connectivity index (χ4v) is 1.87. The van der Waals surface area contributed by atoms with Gasteiger partial charge in [0, 0.05) is 6.07 Å². The summed E-state index contributed by atoms with van der Waals surface area (Å²) in [5.74, 6) is 1.27. The van der Waals surface area contributed by atoms with Crippen molar-refractivity contribution in [2.24, 2.45) is 0 Å². The fourth-order valence-electron chi connectivity index (χ4n) is 1.87. The summed E-state index contributed by atoms with van der Waals surface area (Å²) in [6.45, 7) is 2.86. The zero-order chi connectivity index (χ0) is 13.1. The molecule has 5 nitrogen and oxygen atoms in total. The van der Waals surface area contributed by atoms with Crippen LogP contribution in [0, 0.1) is 0 Å². The van der Waals surface area contributed by atoms with Gasteiger partial charge in [0.1, 0.15) is 17.5 Å². The van der Waals surface area contributed by atoms with Crippen LogP contribution < -0.4 is 14.4 Å². The molecule has 1 aliphatic heterocycles. The molecule has 0 amide bonds. The molecule has 5 heteroatoms. The van der Waals surface area contributed by atoms with Crippen molar-refractivity contribution >= 4 is 11.7 Å². The first-order valence-electron chi connectivity index (χ1n) is 5.86. The molecule has 0 aromatic heterocycles. The van der Waals surface area contributed by atoms with Gasteiger partial charge in [0.15, 0.2) is 0 Å². The Balaban J connectivity index is 2.16. The molecule has 0 aliphatic carbocycles. The number of rotatable bonds is 5. The van der Waals surface area contributed by atoms with Crippen molar-refractivity contribution in [3.05, 3.63) is 18.2 Å². The lowest BCUT2D eigenvalue weighted by atomic mass is 10.2. The molecule has 1 aliphatic rings. The molecule has 0 saturated carbocycles. The maximum absolute atomic E-state index is 11.6. The first-order valence-corrected chi connectivity index (χ1v) is 5.86. The van der Waals surface area contributed by atoms with Gasteiger partial charge in [-0.25, -0.2) is 4.79 Å². The Morgan fingerprint density at radius 3 is 2.78 bits per heavy atom. The number of methoxy groups -OCH3 is 2. The SMILES string of the molecule is CCOC(=O)C1CN1c1cc(OC)ccc1OC. The van der Waals surface area contributed by atoms with E-state index in [0.717, 1.165) is 17.2 Å². The number of anilines is 1. The Bertz CT molecular complexity index is 447. The third-order valence-electron chi connectivity index (χ3n) is 2.87. The summed E-state index contributed by atoms with van der Waals surface area (Å²) in [6.07, 6.45) is 0. The minimum absolute atomic E-state index is 0.192. The number of carbonyl (C=O) groups excluding carboxylic acids is 1. The normalized spacial score (nSPS) is 17.3. The smallest absolute Gasteiger partial charge is 0.330 e. The maximum atomic E-state index is 11.6. The van der Waals surface area contributed by atoms with E-state index in [0.29, 0.717) is 13.2 Å². The zero-order valence-electron chi connectivity index (χ0n) is 10.8. The van der Waals surface area contributed by atoms with E-state index < -0.39 is 0 Å². The van der Waals surface area contributed by atoms with Gasteiger partial charge in [-0.2, -0.15) is 0 Å². The van der Waals surface area contributed by atoms with Gasteiger partial charge in [0.05, 0.1) is 33.1 Å². The number of ether oxygens (including phenoxy) is 3. The topological polar surface area (TPSA) is 47.8 Å². The van der Waals surface area contributed by atoms with Crippen molar-refractivity contribution < 1.29 is 19.0 Å². The van der Waals surface area contributed by atoms with Gasteiger partial charge < -0.3 is 19.1 Å². The quantitative estimate of drug-likeness (QED) is 0.585. The van der Waals surface area contributed by atoms with Crippen molar-refractivity contribution in [3.63, 3.8) is 0 Å². The second-order valence-corrected chi connectivity index (χ2v) is 3.96. The second kappa shape index (κ2) is 5.16. The van der Waals surface area contributed by atoms with Gasteiger partial charge >= 0.3 is 5.97 Å². The second-order valence-electron chi connectivity index (χ2n) is 3.96. The van der Waals surface area contributed by atoms with Crippen molar-refractivity contribution in [2.75, 3.05) is 32.3 Å². The number of hydrogen-bond acceptors (Lipinski definition) is 5. The number of hydrogen-bond donors (Lipinski definition) is 0. The summed E-state index contributed by atoms with van der Waals surface area (Å²) >= 11 is 0. The molecule has 0 N–H and O–H groups in total. The summed E-state index contributed by atoms with van der Waals surface area (Å²) < 4.78 is 15.5. The van der Waals surface area contributed by atoms with Crippen molar-refractivity contribution in [1.29, 1.82) is 0 Å². The Morgan fingerprint density at radius 2 is 2.17 bits per heavy atom. The molecule has 1 fully saturated rings. The highest BCUT2D eigenvalue weighted by Gasteiger charge is 2.43. The number of nitrogens with zero attached hydrogens (tertiary/aromatic N) is 1. The van der Waals surface area contributed by atoms with E-state index in [9.17, 15) is 4.79 Å². The van der Waals surface area contributed by atoms with Crippen LogP contribution in [0.2, 0.25) is 0 Å². The van der Waals surface area contributed by atoms with E-state index in [1.54, 1.807) is 21.1 Å². The van der Waals surface area contributed by atoms with Crippen molar-refractivity contribution in [3.8, 4) is 11.5 Å². The summed E-state index contributed by atoms with van der Waals surface area (Å²) in [5.41, 5.74) is 0.856. The Labute approximate surface area is 106 Å². The van der Waals surface area contributed by atoms with Gasteiger partial charge in [-0.05, 0) is 19.1 Å². The van der Waals surface area contributed by atoms with Gasteiger partial charge in [0.25, 0.3) is 0 Å². The Morgan fingerprint density at radius 1 is 1.39 bits per heavy atom. The molecule has 1 aromatic carbocycles. The first kappa shape index (κ1) is 12.5. The molecule has 0 spiro atoms. The van der Waals surface area contributed by atoms with Crippen LogP contribution in [-0.2, 0) is 9.53 Å². The van der Waals surface area contributed by atoms with Gasteiger partial charge in [-0.1, -0.05) is 0 Å². The highest BCUT2D eigenvalue weighted by Crippen LogP contribution is 2.38. The van der Waals surface area contributed by atoms with Crippen LogP contribution in [0.4, 0.5) is 5.69 Å². The molecule has 2 rings (SSSR count). The van der Waals surface area contributed by atoms with Crippen LogP contribution in [0.3, 0.4) is 0 Å². The van der Waals surface area contributed by atoms with E-state index in [1.807, 2.05) is 23.1 Å². The Hall–Kier alpha value is -1.91. The van der Waals surface area contributed by atoms with Crippen LogP contribution in [0.5, 0.6) is 11.5 Å². The standard InChI is InChI=1S/C13H17NO4/c1-4-18-13(15)11-8-14(11)10-7-9(16-2)5-6-12(10)17-3/h5-7,11H,4,8H2,1-3H3. The third-order valence-corrected chi connectivity index (χ3v) is 2.87. The summed E-state index contributed by atoms with van der Waals surface area (Å²) in [4.78, 5) is 13.5. The largest absolute Gasteiger partial charge is 0.497 e. The van der Waals surface area contributed by atoms with Crippen molar-refractivity contribution in [1.82, 2.24) is 0 Å². The molecular weight excluding hydrogens is 234 g/mol. The van der Waals surface area contributed by atoms with Gasteiger partial charge in [-0.15, -0.1) is 0 Å². The highest BCUT2D eigenvalue weighted by molar-refractivity contribution is 5.87. The van der Waals surface area contributed by atoms with Gasteiger partial charge in [-0.3, -0.25) is 0 Å². The fraction of sp³-hybridized carbons (Fsp3) is 0.462. The van der Waals surface area contributed by atoms with Gasteiger partial charge in [0.2, 0.25) is 0 Å². The van der Waals surface area contributed by atoms with E-state index in [1.165, 1.54) is 0 Å². The van der Waals surface area contributed by atoms with E-state index in [4.69, 9.17) is 14.2 Å². The molecule has 1 atom stereocenters. The number of esters is 1. The lowest BCUT2D eigenvalue weighted by Gasteiger charge is -2.12. The molecule has 1 heterocycles. The lowest BCUT2D eigenvalue weighted by molar-refractivity contribution is -0.142. The number of benzene rings is 1. The molecular formula is C13H17NO4. The number of carbonyl (C=O) groups is 1. The summed E-state index contributed by atoms with van der Waals surface area (Å²) in [7, 11) is 3.21. The predicted molar refractivity (Wildman–Crippen MR) is 67.3 cm³/mol. The third kappa shape index (κ3) is 2.34. The molecule has 1 unspecified atom stereocenters. The molecule has 1 aromatic rings. The minimum Gasteiger partial charge on any atom is -0.497 e. The monoisotopic (exact) mass is 251 g/mol. The molecule has 98 valence electrons. The maximum Gasteiger partial charge on any atom is 0.330 e. The van der Waals surface area contributed by atoms with Crippen molar-refractivity contribution in [2.45, 2.75) is 13.0 Å². The molecule has 0 bridgehead atoms. The average molecular weight is 251 g/mol. The van der Waals surface area contributed by atoms with E-state index >= 15 is 0 Å². The summed E-state index contributed by atoms with van der Waals surface area (Å²) in [5, 5.41) is 0. The average Bonchev–Trinajstić information content (AvgIpc) is 3.18. The molecule has 1 saturated heterocycles. The molecule has 18 heavy (non-hydrogen) atoms. The zero-order valence-corrected chi connectivity index (χ0v) is 10.8. The van der Waals surface area contributed by atoms with Crippen LogP contribution in [-0.4, -0.2) is 39.4 Å². The Kier molecular flexibility index (Phi) is 3.60.